The Morgan fingerprint density at radius 2 is 2.62 bits per heavy atom. The summed E-state index contributed by atoms with van der Waals surface area (Å²) in [7, 11) is 0. The zero-order valence-corrected chi connectivity index (χ0v) is 8.05. The van der Waals surface area contributed by atoms with Crippen LogP contribution in [0.4, 0.5) is 4.79 Å². The van der Waals surface area contributed by atoms with Crippen LogP contribution in [-0.2, 0) is 0 Å². The van der Waals surface area contributed by atoms with Crippen LogP contribution >= 0.6 is 0 Å². The number of hydrogen-bond donors (Lipinski definition) is 2. The quantitative estimate of drug-likeness (QED) is 0.600. The highest BCUT2D eigenvalue weighted by atomic mass is 16.2. The van der Waals surface area contributed by atoms with Crippen molar-refractivity contribution in [3.8, 4) is 0 Å². The predicted molar refractivity (Wildman–Crippen MR) is 52.6 cm³/mol. The van der Waals surface area contributed by atoms with E-state index >= 15 is 0 Å². The molecule has 1 rings (SSSR count). The van der Waals surface area contributed by atoms with Gasteiger partial charge in [-0.2, -0.15) is 0 Å². The van der Waals surface area contributed by atoms with Gasteiger partial charge in [0.1, 0.15) is 0 Å². The fourth-order valence-electron chi connectivity index (χ4n) is 1.40. The summed E-state index contributed by atoms with van der Waals surface area (Å²) in [6.45, 7) is 8.67. The molecule has 1 atom stereocenters. The Hall–Kier alpha value is -1.03. The summed E-state index contributed by atoms with van der Waals surface area (Å²) in [4.78, 5) is 13.4. The van der Waals surface area contributed by atoms with Crippen LogP contribution in [0.25, 0.3) is 0 Å². The average Bonchev–Trinajstić information content (AvgIpc) is 2.15. The molecule has 1 fully saturated rings. The van der Waals surface area contributed by atoms with Gasteiger partial charge >= 0.3 is 6.03 Å². The number of hydrogen-bond acceptors (Lipinski definition) is 2. The molecule has 2 N–H and O–H groups in total. The molecule has 0 aromatic heterocycles. The minimum absolute atomic E-state index is 0.00824. The third-order valence-corrected chi connectivity index (χ3v) is 2.16. The first-order valence-corrected chi connectivity index (χ1v) is 4.61. The third-order valence-electron chi connectivity index (χ3n) is 2.16. The highest BCUT2D eigenvalue weighted by Crippen LogP contribution is 2.01. The second kappa shape index (κ2) is 4.87. The topological polar surface area (TPSA) is 44.4 Å². The van der Waals surface area contributed by atoms with Crippen LogP contribution < -0.4 is 10.6 Å². The van der Waals surface area contributed by atoms with Gasteiger partial charge in [0.15, 0.2) is 0 Å². The summed E-state index contributed by atoms with van der Waals surface area (Å²) in [5.74, 6) is 0. The largest absolute Gasteiger partial charge is 0.335 e. The smallest absolute Gasteiger partial charge is 0.317 e. The number of urea groups is 1. The molecular weight excluding hydrogens is 166 g/mol. The van der Waals surface area contributed by atoms with Gasteiger partial charge in [0.2, 0.25) is 0 Å². The minimum Gasteiger partial charge on any atom is -0.335 e. The van der Waals surface area contributed by atoms with Crippen molar-refractivity contribution in [3.63, 3.8) is 0 Å². The number of carbonyl (C=O) groups excluding carboxylic acids is 1. The summed E-state index contributed by atoms with van der Waals surface area (Å²) in [6.07, 6.45) is 1.69. The fraction of sp³-hybridized carbons (Fsp3) is 0.667. The second-order valence-electron chi connectivity index (χ2n) is 3.22. The highest BCUT2D eigenvalue weighted by molar-refractivity contribution is 5.74. The van der Waals surface area contributed by atoms with Crippen molar-refractivity contribution in [1.29, 1.82) is 0 Å². The summed E-state index contributed by atoms with van der Waals surface area (Å²) in [5, 5.41) is 6.01. The van der Waals surface area contributed by atoms with Crippen LogP contribution in [0.1, 0.15) is 6.92 Å². The summed E-state index contributed by atoms with van der Waals surface area (Å²) in [6, 6.07) is 0.285. The molecule has 1 saturated heterocycles. The number of carbonyl (C=O) groups is 1. The maximum atomic E-state index is 11.5. The molecule has 0 spiro atoms. The van der Waals surface area contributed by atoms with E-state index in [1.54, 1.807) is 6.08 Å². The maximum absolute atomic E-state index is 11.5. The molecule has 0 bridgehead atoms. The molecule has 1 aliphatic rings. The fourth-order valence-corrected chi connectivity index (χ4v) is 1.40. The Bertz CT molecular complexity index is 193. The molecule has 13 heavy (non-hydrogen) atoms. The van der Waals surface area contributed by atoms with E-state index in [9.17, 15) is 4.79 Å². The van der Waals surface area contributed by atoms with Gasteiger partial charge in [0.25, 0.3) is 0 Å². The number of rotatable bonds is 2. The van der Waals surface area contributed by atoms with Crippen LogP contribution in [0.3, 0.4) is 0 Å². The normalized spacial score (nSPS) is 22.5. The lowest BCUT2D eigenvalue weighted by Crippen LogP contribution is -2.55. The van der Waals surface area contributed by atoms with E-state index < -0.39 is 0 Å². The van der Waals surface area contributed by atoms with Crippen molar-refractivity contribution in [2.24, 2.45) is 0 Å². The number of nitrogens with one attached hydrogen (secondary N) is 2. The molecule has 1 aliphatic heterocycles. The molecule has 0 aliphatic carbocycles. The first-order valence-electron chi connectivity index (χ1n) is 4.61. The molecule has 4 nitrogen and oxygen atoms in total. The van der Waals surface area contributed by atoms with Crippen LogP contribution in [0, 0.1) is 0 Å². The molecule has 1 heterocycles. The predicted octanol–water partition coefficient (Wildman–Crippen LogP) is 0.176. The van der Waals surface area contributed by atoms with E-state index in [2.05, 4.69) is 17.2 Å². The van der Waals surface area contributed by atoms with E-state index in [4.69, 9.17) is 0 Å². The van der Waals surface area contributed by atoms with E-state index in [1.165, 1.54) is 0 Å². The first-order chi connectivity index (χ1) is 6.25. The molecule has 0 radical (unpaired) electrons. The van der Waals surface area contributed by atoms with Crippen molar-refractivity contribution in [2.45, 2.75) is 13.0 Å². The van der Waals surface area contributed by atoms with Gasteiger partial charge in [-0.15, -0.1) is 6.58 Å². The first kappa shape index (κ1) is 10.1. The standard InChI is InChI=1S/C9H17N3O/c1-3-4-11-9(13)12-6-5-10-7-8(12)2/h3,8,10H,1,4-7H2,2H3,(H,11,13). The highest BCUT2D eigenvalue weighted by Gasteiger charge is 2.21. The molecule has 0 aromatic carbocycles. The van der Waals surface area contributed by atoms with Crippen LogP contribution in [0.15, 0.2) is 12.7 Å². The van der Waals surface area contributed by atoms with Crippen molar-refractivity contribution >= 4 is 6.03 Å². The van der Waals surface area contributed by atoms with Crippen LogP contribution in [0.2, 0.25) is 0 Å². The lowest BCUT2D eigenvalue weighted by atomic mass is 10.2. The number of piperazine rings is 1. The van der Waals surface area contributed by atoms with Gasteiger partial charge in [-0.1, -0.05) is 6.08 Å². The van der Waals surface area contributed by atoms with E-state index in [0.717, 1.165) is 19.6 Å². The Balaban J connectivity index is 2.39. The van der Waals surface area contributed by atoms with Crippen molar-refractivity contribution in [2.75, 3.05) is 26.2 Å². The molecule has 0 saturated carbocycles. The van der Waals surface area contributed by atoms with Gasteiger partial charge in [0, 0.05) is 32.2 Å². The molecule has 74 valence electrons. The summed E-state index contributed by atoms with van der Waals surface area (Å²) >= 11 is 0. The Morgan fingerprint density at radius 3 is 3.23 bits per heavy atom. The van der Waals surface area contributed by atoms with Crippen LogP contribution in [-0.4, -0.2) is 43.2 Å². The van der Waals surface area contributed by atoms with Crippen molar-refractivity contribution in [1.82, 2.24) is 15.5 Å². The molecule has 1 unspecified atom stereocenters. The monoisotopic (exact) mass is 183 g/mol. The van der Waals surface area contributed by atoms with Crippen molar-refractivity contribution < 1.29 is 4.79 Å². The Labute approximate surface area is 79.0 Å². The molecule has 4 heteroatoms. The van der Waals surface area contributed by atoms with Gasteiger partial charge in [-0.25, -0.2) is 4.79 Å². The van der Waals surface area contributed by atoms with E-state index in [-0.39, 0.29) is 12.1 Å². The summed E-state index contributed by atoms with van der Waals surface area (Å²) < 4.78 is 0. The Kier molecular flexibility index (Phi) is 3.76. The minimum atomic E-state index is 0.00824. The zero-order chi connectivity index (χ0) is 9.68. The lowest BCUT2D eigenvalue weighted by molar-refractivity contribution is 0.165. The average molecular weight is 183 g/mol. The third kappa shape index (κ3) is 2.73. The van der Waals surface area contributed by atoms with Gasteiger partial charge in [-0.05, 0) is 6.92 Å². The van der Waals surface area contributed by atoms with Gasteiger partial charge < -0.3 is 15.5 Å². The number of amides is 2. The summed E-state index contributed by atoms with van der Waals surface area (Å²) in [5.41, 5.74) is 0. The zero-order valence-electron chi connectivity index (χ0n) is 8.05. The van der Waals surface area contributed by atoms with E-state index in [1.807, 2.05) is 11.8 Å². The molecule has 0 aromatic rings. The lowest BCUT2D eigenvalue weighted by Gasteiger charge is -2.33. The van der Waals surface area contributed by atoms with Gasteiger partial charge in [0.05, 0.1) is 0 Å². The maximum Gasteiger partial charge on any atom is 0.317 e. The van der Waals surface area contributed by atoms with Gasteiger partial charge in [-0.3, -0.25) is 0 Å². The van der Waals surface area contributed by atoms with E-state index in [0.29, 0.717) is 6.54 Å². The Morgan fingerprint density at radius 1 is 1.85 bits per heavy atom. The number of nitrogens with zero attached hydrogens (tertiary/aromatic N) is 1. The molecule has 2 amide bonds. The van der Waals surface area contributed by atoms with Crippen LogP contribution in [0.5, 0.6) is 0 Å². The SMILES string of the molecule is C=CCNC(=O)N1CCNCC1C. The molecular formula is C9H17N3O. The second-order valence-corrected chi connectivity index (χ2v) is 3.22. The van der Waals surface area contributed by atoms with Crippen molar-refractivity contribution in [3.05, 3.63) is 12.7 Å².